The fraction of sp³-hybridized carbons (Fsp3) is 0.647. The molecule has 3 heteroatoms. The summed E-state index contributed by atoms with van der Waals surface area (Å²) in [6, 6.07) is 5.83. The molecule has 0 spiro atoms. The second kappa shape index (κ2) is 7.68. The van der Waals surface area contributed by atoms with Gasteiger partial charge in [-0.05, 0) is 74.4 Å². The maximum atomic E-state index is 6.34. The number of benzene rings is 1. The first kappa shape index (κ1) is 16.1. The molecule has 1 aliphatic rings. The van der Waals surface area contributed by atoms with Crippen LogP contribution >= 0.6 is 23.2 Å². The molecule has 1 saturated carbocycles. The molecular weight excluding hydrogens is 289 g/mol. The van der Waals surface area contributed by atoms with E-state index in [9.17, 15) is 0 Å². The van der Waals surface area contributed by atoms with Crippen molar-refractivity contribution >= 4 is 23.2 Å². The highest BCUT2D eigenvalue weighted by Crippen LogP contribution is 2.38. The van der Waals surface area contributed by atoms with Gasteiger partial charge in [0.1, 0.15) is 0 Å². The molecule has 3 atom stereocenters. The molecule has 0 heterocycles. The molecule has 1 nitrogen and oxygen atoms in total. The van der Waals surface area contributed by atoms with E-state index in [-0.39, 0.29) is 0 Å². The summed E-state index contributed by atoms with van der Waals surface area (Å²) in [7, 11) is 2.05. The first-order chi connectivity index (χ1) is 9.63. The first-order valence-electron chi connectivity index (χ1n) is 7.72. The van der Waals surface area contributed by atoms with Crippen LogP contribution in [0.1, 0.15) is 38.2 Å². The van der Waals surface area contributed by atoms with Crippen LogP contribution in [0.2, 0.25) is 10.0 Å². The maximum absolute atomic E-state index is 6.34. The number of nitrogens with one attached hydrogen (secondary N) is 1. The molecule has 2 rings (SSSR count). The lowest BCUT2D eigenvalue weighted by molar-refractivity contribution is 0.173. The molecular formula is C17H25Cl2N. The zero-order valence-electron chi connectivity index (χ0n) is 12.5. The van der Waals surface area contributed by atoms with Gasteiger partial charge >= 0.3 is 0 Å². The van der Waals surface area contributed by atoms with Crippen molar-refractivity contribution in [3.8, 4) is 0 Å². The minimum atomic E-state index is 0.720. The summed E-state index contributed by atoms with van der Waals surface area (Å²) in [5.74, 6) is 2.36. The lowest BCUT2D eigenvalue weighted by Crippen LogP contribution is -2.33. The normalized spacial score (nSPS) is 26.7. The molecule has 1 fully saturated rings. The van der Waals surface area contributed by atoms with E-state index in [1.165, 1.54) is 31.2 Å². The van der Waals surface area contributed by atoms with E-state index < -0.39 is 0 Å². The van der Waals surface area contributed by atoms with E-state index in [0.717, 1.165) is 40.8 Å². The van der Waals surface area contributed by atoms with Crippen LogP contribution in [0.25, 0.3) is 0 Å². The van der Waals surface area contributed by atoms with Crippen molar-refractivity contribution in [3.05, 3.63) is 33.8 Å². The van der Waals surface area contributed by atoms with Crippen LogP contribution in [-0.2, 0) is 6.42 Å². The van der Waals surface area contributed by atoms with Crippen LogP contribution in [0, 0.1) is 17.8 Å². The molecule has 112 valence electrons. The van der Waals surface area contributed by atoms with Crippen LogP contribution < -0.4 is 5.32 Å². The zero-order valence-corrected chi connectivity index (χ0v) is 14.0. The second-order valence-corrected chi connectivity index (χ2v) is 6.95. The predicted octanol–water partition coefficient (Wildman–Crippen LogP) is 5.20. The van der Waals surface area contributed by atoms with Gasteiger partial charge in [0.2, 0.25) is 0 Å². The van der Waals surface area contributed by atoms with Gasteiger partial charge in [0.25, 0.3) is 0 Å². The van der Waals surface area contributed by atoms with Crippen molar-refractivity contribution < 1.29 is 0 Å². The van der Waals surface area contributed by atoms with Crippen LogP contribution in [0.3, 0.4) is 0 Å². The fourth-order valence-electron chi connectivity index (χ4n) is 3.56. The van der Waals surface area contributed by atoms with Gasteiger partial charge in [-0.25, -0.2) is 0 Å². The second-order valence-electron chi connectivity index (χ2n) is 6.11. The molecule has 0 saturated heterocycles. The molecule has 20 heavy (non-hydrogen) atoms. The molecule has 0 aromatic heterocycles. The minimum absolute atomic E-state index is 0.720. The average Bonchev–Trinajstić information content (AvgIpc) is 2.45. The summed E-state index contributed by atoms with van der Waals surface area (Å²) in [4.78, 5) is 0. The smallest absolute Gasteiger partial charge is 0.0439 e. The molecule has 0 bridgehead atoms. The van der Waals surface area contributed by atoms with E-state index in [1.54, 1.807) is 0 Å². The van der Waals surface area contributed by atoms with Gasteiger partial charge in [-0.2, -0.15) is 0 Å². The molecule has 1 aromatic carbocycles. The standard InChI is InChI=1S/C17H25Cl2N/c1-3-12-4-5-13(11-20-2)14(8-12)9-15-10-16(18)6-7-17(15)19/h6-7,10,12-14,20H,3-5,8-9,11H2,1-2H3. The first-order valence-corrected chi connectivity index (χ1v) is 8.48. The molecule has 0 aliphatic heterocycles. The summed E-state index contributed by atoms with van der Waals surface area (Å²) in [5, 5.41) is 5.00. The third-order valence-electron chi connectivity index (χ3n) is 4.78. The Hall–Kier alpha value is -0.240. The largest absolute Gasteiger partial charge is 0.319 e. The Morgan fingerprint density at radius 3 is 2.70 bits per heavy atom. The third-order valence-corrected chi connectivity index (χ3v) is 5.39. The van der Waals surface area contributed by atoms with Gasteiger partial charge in [-0.15, -0.1) is 0 Å². The molecule has 1 N–H and O–H groups in total. The lowest BCUT2D eigenvalue weighted by Gasteiger charge is -2.36. The van der Waals surface area contributed by atoms with E-state index in [2.05, 4.69) is 19.3 Å². The Balaban J connectivity index is 2.11. The van der Waals surface area contributed by atoms with Crippen LogP contribution in [0.15, 0.2) is 18.2 Å². The van der Waals surface area contributed by atoms with E-state index >= 15 is 0 Å². The summed E-state index contributed by atoms with van der Waals surface area (Å²) in [5.41, 5.74) is 1.21. The van der Waals surface area contributed by atoms with Crippen LogP contribution in [0.4, 0.5) is 0 Å². The Bertz CT molecular complexity index is 433. The number of rotatable bonds is 5. The molecule has 0 amide bonds. The average molecular weight is 314 g/mol. The van der Waals surface area contributed by atoms with Crippen molar-refractivity contribution in [1.82, 2.24) is 5.32 Å². The summed E-state index contributed by atoms with van der Waals surface area (Å²) in [6.45, 7) is 3.42. The minimum Gasteiger partial charge on any atom is -0.319 e. The van der Waals surface area contributed by atoms with Crippen molar-refractivity contribution in [3.63, 3.8) is 0 Å². The van der Waals surface area contributed by atoms with Crippen molar-refractivity contribution in [2.45, 2.75) is 39.0 Å². The van der Waals surface area contributed by atoms with E-state index in [4.69, 9.17) is 23.2 Å². The fourth-order valence-corrected chi connectivity index (χ4v) is 3.95. The molecule has 1 aliphatic carbocycles. The van der Waals surface area contributed by atoms with Gasteiger partial charge < -0.3 is 5.32 Å². The van der Waals surface area contributed by atoms with Gasteiger partial charge in [0, 0.05) is 10.0 Å². The SMILES string of the molecule is CCC1CCC(CNC)C(Cc2cc(Cl)ccc2Cl)C1. The highest BCUT2D eigenvalue weighted by molar-refractivity contribution is 6.33. The summed E-state index contributed by atoms with van der Waals surface area (Å²) < 4.78 is 0. The molecule has 3 unspecified atom stereocenters. The van der Waals surface area contributed by atoms with Crippen molar-refractivity contribution in [2.24, 2.45) is 17.8 Å². The van der Waals surface area contributed by atoms with Gasteiger partial charge in [0.05, 0.1) is 0 Å². The van der Waals surface area contributed by atoms with Crippen LogP contribution in [0.5, 0.6) is 0 Å². The topological polar surface area (TPSA) is 12.0 Å². The summed E-state index contributed by atoms with van der Waals surface area (Å²) in [6.07, 6.45) is 6.39. The van der Waals surface area contributed by atoms with E-state index in [0.29, 0.717) is 0 Å². The van der Waals surface area contributed by atoms with Gasteiger partial charge in [-0.1, -0.05) is 43.0 Å². The number of halogens is 2. The van der Waals surface area contributed by atoms with E-state index in [1.807, 2.05) is 18.2 Å². The van der Waals surface area contributed by atoms with Crippen LogP contribution in [-0.4, -0.2) is 13.6 Å². The molecule has 1 aromatic rings. The van der Waals surface area contributed by atoms with Gasteiger partial charge in [-0.3, -0.25) is 0 Å². The Kier molecular flexibility index (Phi) is 6.20. The maximum Gasteiger partial charge on any atom is 0.0439 e. The number of hydrogen-bond donors (Lipinski definition) is 1. The molecule has 0 radical (unpaired) electrons. The van der Waals surface area contributed by atoms with Crippen molar-refractivity contribution in [1.29, 1.82) is 0 Å². The third kappa shape index (κ3) is 4.13. The highest BCUT2D eigenvalue weighted by atomic mass is 35.5. The summed E-state index contributed by atoms with van der Waals surface area (Å²) >= 11 is 12.5. The highest BCUT2D eigenvalue weighted by Gasteiger charge is 2.29. The lowest BCUT2D eigenvalue weighted by atomic mass is 9.71. The number of hydrogen-bond acceptors (Lipinski definition) is 1. The quantitative estimate of drug-likeness (QED) is 0.788. The Morgan fingerprint density at radius 1 is 1.20 bits per heavy atom. The Labute approximate surface area is 133 Å². The van der Waals surface area contributed by atoms with Crippen molar-refractivity contribution in [2.75, 3.05) is 13.6 Å². The zero-order chi connectivity index (χ0) is 14.5. The monoisotopic (exact) mass is 313 g/mol. The predicted molar refractivity (Wildman–Crippen MR) is 88.7 cm³/mol. The van der Waals surface area contributed by atoms with Gasteiger partial charge in [0.15, 0.2) is 0 Å². The Morgan fingerprint density at radius 2 is 2.00 bits per heavy atom.